The first kappa shape index (κ1) is 24.8. The number of anilines is 3. The molecule has 1 aliphatic heterocycles. The number of amidine groups is 1. The van der Waals surface area contributed by atoms with Crippen LogP contribution in [0.2, 0.25) is 5.02 Å². The second kappa shape index (κ2) is 11.5. The predicted octanol–water partition coefficient (Wildman–Crippen LogP) is 9.07. The Morgan fingerprint density at radius 3 is 1.90 bits per heavy atom. The largest absolute Gasteiger partial charge is 0.483 e. The fraction of sp³-hybridized carbons (Fsp3) is 0.0882. The number of hydrogen-bond donors (Lipinski definition) is 1. The number of nitrogens with one attached hydrogen (secondary N) is 1. The van der Waals surface area contributed by atoms with Gasteiger partial charge >= 0.3 is 0 Å². The molecule has 4 nitrogen and oxygen atoms in total. The summed E-state index contributed by atoms with van der Waals surface area (Å²) in [6, 6.07) is 46.9. The van der Waals surface area contributed by atoms with Crippen LogP contribution in [0.5, 0.6) is 5.75 Å². The van der Waals surface area contributed by atoms with Crippen LogP contribution in [0, 0.1) is 5.92 Å². The van der Waals surface area contributed by atoms with E-state index < -0.39 is 0 Å². The molecule has 192 valence electrons. The van der Waals surface area contributed by atoms with Gasteiger partial charge in [-0.25, -0.2) is 4.99 Å². The van der Waals surface area contributed by atoms with Crippen molar-refractivity contribution in [1.82, 2.24) is 0 Å². The molecule has 0 saturated heterocycles. The monoisotopic (exact) mass is 529 g/mol. The Bertz CT molecular complexity index is 1520. The standard InChI is InChI=1S/C34H28ClN3O/c35-29-20-10-11-21-30(29)36-24-28-33(25-14-4-1-5-15-25)39-32-23-13-12-22-31(32)37-34(28)38(26-16-6-2-7-17-26)27-18-8-3-9-19-27/h1-23,28,33,36H,24H2. The van der Waals surface area contributed by atoms with E-state index in [2.05, 4.69) is 83.0 Å². The van der Waals surface area contributed by atoms with Gasteiger partial charge in [-0.1, -0.05) is 103 Å². The number of benzene rings is 5. The molecule has 0 bridgehead atoms. The molecule has 39 heavy (non-hydrogen) atoms. The fourth-order valence-corrected chi connectivity index (χ4v) is 5.16. The Morgan fingerprint density at radius 2 is 1.23 bits per heavy atom. The lowest BCUT2D eigenvalue weighted by Gasteiger charge is -2.34. The molecular formula is C34H28ClN3O. The van der Waals surface area contributed by atoms with E-state index in [0.29, 0.717) is 11.6 Å². The lowest BCUT2D eigenvalue weighted by atomic mass is 9.92. The highest BCUT2D eigenvalue weighted by Gasteiger charge is 2.36. The van der Waals surface area contributed by atoms with Gasteiger partial charge in [-0.3, -0.25) is 4.90 Å². The number of aliphatic imine (C=N–C) groups is 1. The number of rotatable bonds is 6. The smallest absolute Gasteiger partial charge is 0.145 e. The third-order valence-electron chi connectivity index (χ3n) is 6.82. The Balaban J connectivity index is 1.55. The summed E-state index contributed by atoms with van der Waals surface area (Å²) in [5.74, 6) is 1.45. The van der Waals surface area contributed by atoms with Crippen LogP contribution in [0.1, 0.15) is 11.7 Å². The molecule has 1 aliphatic rings. The molecule has 0 aliphatic carbocycles. The maximum atomic E-state index is 6.81. The maximum absolute atomic E-state index is 6.81. The normalized spacial score (nSPS) is 16.3. The minimum absolute atomic E-state index is 0.184. The average molecular weight is 530 g/mol. The molecule has 0 saturated carbocycles. The van der Waals surface area contributed by atoms with E-state index in [0.717, 1.165) is 39.9 Å². The van der Waals surface area contributed by atoms with Gasteiger partial charge in [0.05, 0.1) is 16.6 Å². The number of para-hydroxylation sites is 5. The number of hydrogen-bond acceptors (Lipinski definition) is 4. The SMILES string of the molecule is Clc1ccccc1NCC1C(N(c2ccccc2)c2ccccc2)=Nc2ccccc2OC1c1ccccc1. The molecule has 0 aromatic heterocycles. The highest BCUT2D eigenvalue weighted by Crippen LogP contribution is 2.42. The zero-order valence-electron chi connectivity index (χ0n) is 21.3. The van der Waals surface area contributed by atoms with E-state index in [9.17, 15) is 0 Å². The van der Waals surface area contributed by atoms with Gasteiger partial charge in [0.2, 0.25) is 0 Å². The van der Waals surface area contributed by atoms with E-state index in [1.165, 1.54) is 0 Å². The van der Waals surface area contributed by atoms with Gasteiger partial charge in [-0.2, -0.15) is 0 Å². The van der Waals surface area contributed by atoms with Crippen molar-refractivity contribution < 1.29 is 4.74 Å². The molecule has 5 aromatic rings. The Morgan fingerprint density at radius 1 is 0.667 bits per heavy atom. The lowest BCUT2D eigenvalue weighted by Crippen LogP contribution is -2.40. The molecule has 5 aromatic carbocycles. The van der Waals surface area contributed by atoms with Crippen molar-refractivity contribution in [3.63, 3.8) is 0 Å². The summed E-state index contributed by atoms with van der Waals surface area (Å²) >= 11 is 6.56. The lowest BCUT2D eigenvalue weighted by molar-refractivity contribution is 0.175. The Labute approximate surface area is 234 Å². The van der Waals surface area contributed by atoms with Crippen molar-refractivity contribution in [3.05, 3.63) is 150 Å². The summed E-state index contributed by atoms with van der Waals surface area (Å²) in [6.45, 7) is 0.548. The van der Waals surface area contributed by atoms with E-state index in [4.69, 9.17) is 21.3 Å². The molecule has 1 N–H and O–H groups in total. The van der Waals surface area contributed by atoms with Gasteiger partial charge in [0, 0.05) is 17.9 Å². The van der Waals surface area contributed by atoms with Crippen molar-refractivity contribution in [3.8, 4) is 5.75 Å². The average Bonchev–Trinajstić information content (AvgIpc) is 3.15. The third kappa shape index (κ3) is 5.38. The first-order chi connectivity index (χ1) is 19.3. The van der Waals surface area contributed by atoms with E-state index in [1.54, 1.807) is 0 Å². The van der Waals surface area contributed by atoms with Crippen molar-refractivity contribution >= 4 is 40.2 Å². The maximum Gasteiger partial charge on any atom is 0.145 e. The molecule has 2 unspecified atom stereocenters. The first-order valence-corrected chi connectivity index (χ1v) is 13.4. The minimum Gasteiger partial charge on any atom is -0.483 e. The van der Waals surface area contributed by atoms with Crippen LogP contribution >= 0.6 is 11.6 Å². The van der Waals surface area contributed by atoms with Crippen LogP contribution in [-0.2, 0) is 0 Å². The van der Waals surface area contributed by atoms with E-state index in [1.807, 2.05) is 66.7 Å². The molecule has 6 rings (SSSR count). The second-order valence-electron chi connectivity index (χ2n) is 9.36. The molecule has 5 heteroatoms. The highest BCUT2D eigenvalue weighted by atomic mass is 35.5. The van der Waals surface area contributed by atoms with Gasteiger partial charge in [0.15, 0.2) is 0 Å². The first-order valence-electron chi connectivity index (χ1n) is 13.1. The predicted molar refractivity (Wildman–Crippen MR) is 162 cm³/mol. The van der Waals surface area contributed by atoms with Gasteiger partial charge in [0.1, 0.15) is 23.4 Å². The quantitative estimate of drug-likeness (QED) is 0.238. The van der Waals surface area contributed by atoms with Crippen LogP contribution in [-0.4, -0.2) is 12.4 Å². The molecular weight excluding hydrogens is 502 g/mol. The molecule has 0 radical (unpaired) electrons. The molecule has 2 atom stereocenters. The Hall–Kier alpha value is -4.54. The molecule has 0 amide bonds. The molecule has 1 heterocycles. The number of nitrogens with zero attached hydrogens (tertiary/aromatic N) is 2. The van der Waals surface area contributed by atoms with Gasteiger partial charge < -0.3 is 10.1 Å². The van der Waals surface area contributed by atoms with Crippen LogP contribution < -0.4 is 15.0 Å². The summed E-state index contributed by atoms with van der Waals surface area (Å²) in [5.41, 5.74) is 4.80. The van der Waals surface area contributed by atoms with Crippen LogP contribution in [0.25, 0.3) is 0 Å². The zero-order chi connectivity index (χ0) is 26.4. The van der Waals surface area contributed by atoms with Crippen LogP contribution in [0.3, 0.4) is 0 Å². The second-order valence-corrected chi connectivity index (χ2v) is 9.77. The summed E-state index contributed by atoms with van der Waals surface area (Å²) in [6.07, 6.45) is -0.307. The topological polar surface area (TPSA) is 36.9 Å². The highest BCUT2D eigenvalue weighted by molar-refractivity contribution is 6.33. The van der Waals surface area contributed by atoms with Crippen molar-refractivity contribution in [2.75, 3.05) is 16.8 Å². The number of ether oxygens (including phenoxy) is 1. The van der Waals surface area contributed by atoms with Crippen LogP contribution in [0.4, 0.5) is 22.7 Å². The number of halogens is 1. The molecule has 0 spiro atoms. The summed E-state index contributed by atoms with van der Waals surface area (Å²) in [5, 5.41) is 4.28. The summed E-state index contributed by atoms with van der Waals surface area (Å²) in [7, 11) is 0. The Kier molecular flexibility index (Phi) is 7.28. The minimum atomic E-state index is -0.307. The van der Waals surface area contributed by atoms with Crippen molar-refractivity contribution in [2.24, 2.45) is 10.9 Å². The van der Waals surface area contributed by atoms with E-state index >= 15 is 0 Å². The molecule has 0 fully saturated rings. The van der Waals surface area contributed by atoms with Crippen molar-refractivity contribution in [2.45, 2.75) is 6.10 Å². The summed E-state index contributed by atoms with van der Waals surface area (Å²) < 4.78 is 6.81. The van der Waals surface area contributed by atoms with Gasteiger partial charge in [0.25, 0.3) is 0 Å². The number of fused-ring (bicyclic) bond motifs is 1. The van der Waals surface area contributed by atoms with Gasteiger partial charge in [-0.05, 0) is 54.1 Å². The zero-order valence-corrected chi connectivity index (χ0v) is 22.1. The van der Waals surface area contributed by atoms with Gasteiger partial charge in [-0.15, -0.1) is 0 Å². The third-order valence-corrected chi connectivity index (χ3v) is 7.15. The fourth-order valence-electron chi connectivity index (χ4n) is 4.96. The van der Waals surface area contributed by atoms with Crippen molar-refractivity contribution in [1.29, 1.82) is 0 Å². The van der Waals surface area contributed by atoms with E-state index in [-0.39, 0.29) is 12.0 Å². The van der Waals surface area contributed by atoms with Crippen LogP contribution in [0.15, 0.2) is 145 Å². The summed E-state index contributed by atoms with van der Waals surface area (Å²) in [4.78, 5) is 7.57.